The van der Waals surface area contributed by atoms with Crippen LogP contribution in [0.2, 0.25) is 0 Å². The predicted octanol–water partition coefficient (Wildman–Crippen LogP) is 1.86. The maximum Gasteiger partial charge on any atom is 0.412 e. The van der Waals surface area contributed by atoms with Crippen molar-refractivity contribution in [1.82, 2.24) is 4.90 Å². The number of alkyl halides is 3. The van der Waals surface area contributed by atoms with Gasteiger partial charge in [-0.2, -0.15) is 13.2 Å². The molecule has 0 saturated heterocycles. The monoisotopic (exact) mass is 195 g/mol. The molecule has 1 amide bonds. The van der Waals surface area contributed by atoms with Crippen molar-refractivity contribution in [3.05, 3.63) is 11.6 Å². The van der Waals surface area contributed by atoms with E-state index in [2.05, 4.69) is 0 Å². The topological polar surface area (TPSA) is 40.5 Å². The molecule has 0 saturated carbocycles. The van der Waals surface area contributed by atoms with Crippen LogP contribution in [0.5, 0.6) is 0 Å². The van der Waals surface area contributed by atoms with Crippen LogP contribution >= 0.6 is 0 Å². The molecule has 74 valence electrons. The molecule has 0 fully saturated rings. The summed E-state index contributed by atoms with van der Waals surface area (Å²) in [6.45, 7) is -0.259. The van der Waals surface area contributed by atoms with Crippen LogP contribution in [0.15, 0.2) is 11.6 Å². The molecular formula is C7H8F3NO2. The second kappa shape index (κ2) is 3.27. The van der Waals surface area contributed by atoms with Crippen LogP contribution in [-0.2, 0) is 0 Å². The minimum Gasteiger partial charge on any atom is -0.465 e. The number of hydrogen-bond acceptors (Lipinski definition) is 1. The highest BCUT2D eigenvalue weighted by atomic mass is 19.4. The largest absolute Gasteiger partial charge is 0.465 e. The van der Waals surface area contributed by atoms with Gasteiger partial charge in [-0.3, -0.25) is 0 Å². The number of carboxylic acid groups (broad SMARTS) is 1. The van der Waals surface area contributed by atoms with E-state index in [1.807, 2.05) is 0 Å². The molecule has 0 bridgehead atoms. The summed E-state index contributed by atoms with van der Waals surface area (Å²) in [5.74, 6) is 0. The van der Waals surface area contributed by atoms with Crippen molar-refractivity contribution in [2.45, 2.75) is 12.6 Å². The van der Waals surface area contributed by atoms with Gasteiger partial charge in [0.25, 0.3) is 0 Å². The summed E-state index contributed by atoms with van der Waals surface area (Å²) < 4.78 is 36.1. The first-order valence-corrected chi connectivity index (χ1v) is 3.65. The minimum absolute atomic E-state index is 0.0827. The molecule has 1 aliphatic rings. The van der Waals surface area contributed by atoms with E-state index in [1.54, 1.807) is 0 Å². The quantitative estimate of drug-likeness (QED) is 0.599. The van der Waals surface area contributed by atoms with Gasteiger partial charge in [-0.15, -0.1) is 0 Å². The Kier molecular flexibility index (Phi) is 2.49. The van der Waals surface area contributed by atoms with Crippen LogP contribution in [-0.4, -0.2) is 35.4 Å². The first kappa shape index (κ1) is 9.88. The predicted molar refractivity (Wildman–Crippen MR) is 38.4 cm³/mol. The Balaban J connectivity index is 2.63. The van der Waals surface area contributed by atoms with E-state index in [0.29, 0.717) is 0 Å². The average molecular weight is 195 g/mol. The molecule has 13 heavy (non-hydrogen) atoms. The lowest BCUT2D eigenvalue weighted by molar-refractivity contribution is -0.0958. The van der Waals surface area contributed by atoms with Crippen LogP contribution in [0.1, 0.15) is 6.42 Å². The molecule has 1 aliphatic heterocycles. The van der Waals surface area contributed by atoms with Gasteiger partial charge in [0.1, 0.15) is 0 Å². The van der Waals surface area contributed by atoms with Gasteiger partial charge in [-0.1, -0.05) is 6.08 Å². The summed E-state index contributed by atoms with van der Waals surface area (Å²) in [4.78, 5) is 11.3. The van der Waals surface area contributed by atoms with Crippen molar-refractivity contribution >= 4 is 6.09 Å². The Hall–Kier alpha value is -1.20. The third-order valence-electron chi connectivity index (χ3n) is 1.84. The summed E-state index contributed by atoms with van der Waals surface area (Å²) >= 11 is 0. The fourth-order valence-electron chi connectivity index (χ4n) is 1.10. The third-order valence-corrected chi connectivity index (χ3v) is 1.84. The van der Waals surface area contributed by atoms with E-state index in [4.69, 9.17) is 5.11 Å². The molecular weight excluding hydrogens is 187 g/mol. The summed E-state index contributed by atoms with van der Waals surface area (Å²) in [6.07, 6.45) is -4.84. The molecule has 6 heteroatoms. The second-order valence-electron chi connectivity index (χ2n) is 2.71. The zero-order chi connectivity index (χ0) is 10.1. The van der Waals surface area contributed by atoms with Crippen LogP contribution in [0.3, 0.4) is 0 Å². The molecule has 0 spiro atoms. The van der Waals surface area contributed by atoms with Crippen molar-refractivity contribution in [3.63, 3.8) is 0 Å². The Morgan fingerprint density at radius 3 is 2.46 bits per heavy atom. The maximum absolute atomic E-state index is 12.0. The molecule has 1 N–H and O–H groups in total. The first-order valence-electron chi connectivity index (χ1n) is 3.65. The van der Waals surface area contributed by atoms with E-state index in [9.17, 15) is 18.0 Å². The molecule has 1 heterocycles. The molecule has 0 aromatic heterocycles. The highest BCUT2D eigenvalue weighted by molar-refractivity contribution is 5.65. The van der Waals surface area contributed by atoms with Gasteiger partial charge in [-0.05, 0) is 6.42 Å². The van der Waals surface area contributed by atoms with Crippen molar-refractivity contribution in [3.8, 4) is 0 Å². The van der Waals surface area contributed by atoms with Crippen LogP contribution in [0, 0.1) is 0 Å². The van der Waals surface area contributed by atoms with Crippen molar-refractivity contribution in [2.75, 3.05) is 13.1 Å². The standard InChI is InChI=1S/C7H8F3NO2/c8-7(9,10)5-1-3-11(4-2-5)6(12)13/h1H,2-4H2,(H,12,13). The third kappa shape index (κ3) is 2.37. The lowest BCUT2D eigenvalue weighted by Crippen LogP contribution is -2.35. The average Bonchev–Trinajstić information content (AvgIpc) is 2.03. The molecule has 0 aliphatic carbocycles. The van der Waals surface area contributed by atoms with Gasteiger partial charge in [0, 0.05) is 18.7 Å². The van der Waals surface area contributed by atoms with E-state index in [0.717, 1.165) is 11.0 Å². The molecule has 0 radical (unpaired) electrons. The van der Waals surface area contributed by atoms with Gasteiger partial charge in [0.2, 0.25) is 0 Å². The maximum atomic E-state index is 12.0. The van der Waals surface area contributed by atoms with Crippen molar-refractivity contribution < 1.29 is 23.1 Å². The number of halogens is 3. The Labute approximate surface area is 72.4 Å². The van der Waals surface area contributed by atoms with Crippen LogP contribution < -0.4 is 0 Å². The molecule has 0 unspecified atom stereocenters. The summed E-state index contributed by atoms with van der Waals surface area (Å²) in [5.41, 5.74) is -0.634. The zero-order valence-electron chi connectivity index (χ0n) is 6.64. The second-order valence-corrected chi connectivity index (χ2v) is 2.71. The van der Waals surface area contributed by atoms with Gasteiger partial charge in [0.15, 0.2) is 0 Å². The molecule has 0 aromatic rings. The van der Waals surface area contributed by atoms with E-state index in [1.165, 1.54) is 0 Å². The number of carbonyl (C=O) groups is 1. The number of hydrogen-bond donors (Lipinski definition) is 1. The van der Waals surface area contributed by atoms with E-state index >= 15 is 0 Å². The van der Waals surface area contributed by atoms with Gasteiger partial charge in [0.05, 0.1) is 0 Å². The first-order chi connectivity index (χ1) is 5.91. The lowest BCUT2D eigenvalue weighted by Gasteiger charge is -2.24. The SMILES string of the molecule is O=C(O)N1CC=C(C(F)(F)F)CC1. The number of rotatable bonds is 0. The molecule has 1 rings (SSSR count). The molecule has 0 atom stereocenters. The zero-order valence-corrected chi connectivity index (χ0v) is 6.64. The summed E-state index contributed by atoms with van der Waals surface area (Å²) in [6, 6.07) is 0. The van der Waals surface area contributed by atoms with Gasteiger partial charge >= 0.3 is 12.3 Å². The normalized spacial score (nSPS) is 18.4. The highest BCUT2D eigenvalue weighted by Crippen LogP contribution is 2.29. The number of amides is 1. The van der Waals surface area contributed by atoms with Gasteiger partial charge < -0.3 is 10.0 Å². The van der Waals surface area contributed by atoms with Crippen LogP contribution in [0.4, 0.5) is 18.0 Å². The Morgan fingerprint density at radius 2 is 2.15 bits per heavy atom. The Morgan fingerprint density at radius 1 is 1.54 bits per heavy atom. The summed E-state index contributed by atoms with van der Waals surface area (Å²) in [7, 11) is 0. The van der Waals surface area contributed by atoms with E-state index < -0.39 is 17.8 Å². The van der Waals surface area contributed by atoms with Crippen molar-refractivity contribution in [2.24, 2.45) is 0 Å². The Bertz CT molecular complexity index is 247. The van der Waals surface area contributed by atoms with Crippen molar-refractivity contribution in [1.29, 1.82) is 0 Å². The molecule has 3 nitrogen and oxygen atoms in total. The fraction of sp³-hybridized carbons (Fsp3) is 0.571. The van der Waals surface area contributed by atoms with Gasteiger partial charge in [-0.25, -0.2) is 4.79 Å². The lowest BCUT2D eigenvalue weighted by atomic mass is 10.1. The van der Waals surface area contributed by atoms with E-state index in [-0.39, 0.29) is 19.5 Å². The molecule has 0 aromatic carbocycles. The smallest absolute Gasteiger partial charge is 0.412 e. The van der Waals surface area contributed by atoms with Crippen LogP contribution in [0.25, 0.3) is 0 Å². The highest BCUT2D eigenvalue weighted by Gasteiger charge is 2.35. The summed E-state index contributed by atoms with van der Waals surface area (Å²) in [5, 5.41) is 8.44. The fourth-order valence-corrected chi connectivity index (χ4v) is 1.10. The minimum atomic E-state index is -4.31. The number of nitrogens with zero attached hydrogens (tertiary/aromatic N) is 1.